The number of nitrogen functional groups attached to an aromatic ring is 1. The number of nitrogens with one attached hydrogen (secondary N) is 2. The molecule has 27 heavy (non-hydrogen) atoms. The Balaban J connectivity index is 1.53. The third-order valence-electron chi connectivity index (χ3n) is 4.21. The first-order valence-corrected chi connectivity index (χ1v) is 10.2. The summed E-state index contributed by atoms with van der Waals surface area (Å²) in [7, 11) is 0. The van der Waals surface area contributed by atoms with Gasteiger partial charge in [0.15, 0.2) is 5.82 Å². The number of hydrogen-bond acceptors (Lipinski definition) is 8. The summed E-state index contributed by atoms with van der Waals surface area (Å²) in [5, 5.41) is 24.6. The van der Waals surface area contributed by atoms with Crippen molar-refractivity contribution in [1.82, 2.24) is 20.2 Å². The number of aromatic amines is 1. The molecule has 0 amide bonds. The Bertz CT molecular complexity index is 1120. The number of nitrogens with two attached hydrogens (primary N) is 1. The highest BCUT2D eigenvalue weighted by Crippen LogP contribution is 2.38. The van der Waals surface area contributed by atoms with E-state index in [-0.39, 0.29) is 5.82 Å². The van der Waals surface area contributed by atoms with Crippen molar-refractivity contribution in [1.29, 1.82) is 5.26 Å². The summed E-state index contributed by atoms with van der Waals surface area (Å²) in [5.41, 5.74) is 8.06. The minimum atomic E-state index is 0.257. The van der Waals surface area contributed by atoms with E-state index in [1.165, 1.54) is 10.4 Å². The van der Waals surface area contributed by atoms with E-state index in [4.69, 9.17) is 11.0 Å². The summed E-state index contributed by atoms with van der Waals surface area (Å²) in [5.74, 6) is 1.86. The molecular formula is C18H17N7S2. The highest BCUT2D eigenvalue weighted by atomic mass is 32.1. The van der Waals surface area contributed by atoms with Crippen molar-refractivity contribution >= 4 is 44.5 Å². The van der Waals surface area contributed by atoms with Crippen LogP contribution in [0.3, 0.4) is 0 Å². The molecule has 0 unspecified atom stereocenters. The first-order chi connectivity index (χ1) is 13.2. The fourth-order valence-electron chi connectivity index (χ4n) is 2.96. The lowest BCUT2D eigenvalue weighted by atomic mass is 10.1. The summed E-state index contributed by atoms with van der Waals surface area (Å²) in [6, 6.07) is 6.26. The lowest BCUT2D eigenvalue weighted by Gasteiger charge is -2.09. The monoisotopic (exact) mass is 395 g/mol. The third-order valence-corrected chi connectivity index (χ3v) is 5.98. The molecule has 0 aliphatic rings. The second-order valence-electron chi connectivity index (χ2n) is 6.03. The predicted molar refractivity (Wildman–Crippen MR) is 110 cm³/mol. The summed E-state index contributed by atoms with van der Waals surface area (Å²) in [4.78, 5) is 11.4. The Morgan fingerprint density at radius 1 is 1.33 bits per heavy atom. The van der Waals surface area contributed by atoms with E-state index in [1.54, 1.807) is 22.7 Å². The number of nitriles is 1. The number of rotatable bonds is 6. The maximum absolute atomic E-state index is 9.15. The lowest BCUT2D eigenvalue weighted by Crippen LogP contribution is -2.07. The van der Waals surface area contributed by atoms with Crippen LogP contribution < -0.4 is 11.1 Å². The van der Waals surface area contributed by atoms with Gasteiger partial charge in [0.25, 0.3) is 0 Å². The minimum absolute atomic E-state index is 0.257. The van der Waals surface area contributed by atoms with E-state index in [1.807, 2.05) is 6.92 Å². The van der Waals surface area contributed by atoms with Gasteiger partial charge in [-0.1, -0.05) is 6.07 Å². The Morgan fingerprint density at radius 2 is 2.22 bits per heavy atom. The van der Waals surface area contributed by atoms with E-state index in [0.717, 1.165) is 40.5 Å². The number of fused-ring (bicyclic) bond motifs is 1. The van der Waals surface area contributed by atoms with Crippen LogP contribution >= 0.6 is 22.7 Å². The minimum Gasteiger partial charge on any atom is -0.381 e. The van der Waals surface area contributed by atoms with Crippen molar-refractivity contribution in [2.45, 2.75) is 19.8 Å². The molecule has 4 aromatic heterocycles. The SMILES string of the molecule is Cc1nc(NCCCc2[nH]nc(N)c2C#N)c2c(-c3cccs3)csc2n1. The molecule has 0 radical (unpaired) electrons. The number of H-pyrrole nitrogens is 1. The number of anilines is 2. The zero-order valence-electron chi connectivity index (χ0n) is 14.6. The Labute approximate surface area is 163 Å². The van der Waals surface area contributed by atoms with Gasteiger partial charge in [-0.25, -0.2) is 9.97 Å². The van der Waals surface area contributed by atoms with Crippen molar-refractivity contribution < 1.29 is 0 Å². The molecule has 0 atom stereocenters. The first-order valence-electron chi connectivity index (χ1n) is 8.43. The molecule has 9 heteroatoms. The second-order valence-corrected chi connectivity index (χ2v) is 7.84. The largest absolute Gasteiger partial charge is 0.381 e. The molecule has 4 heterocycles. The van der Waals surface area contributed by atoms with Gasteiger partial charge in [-0.2, -0.15) is 10.4 Å². The number of nitrogens with zero attached hydrogens (tertiary/aromatic N) is 4. The predicted octanol–water partition coefficient (Wildman–Crippen LogP) is 3.95. The van der Waals surface area contributed by atoms with Crippen LogP contribution in [0.1, 0.15) is 23.5 Å². The highest BCUT2D eigenvalue weighted by Gasteiger charge is 2.15. The summed E-state index contributed by atoms with van der Waals surface area (Å²) < 4.78 is 0. The highest BCUT2D eigenvalue weighted by molar-refractivity contribution is 7.18. The first kappa shape index (κ1) is 17.5. The van der Waals surface area contributed by atoms with Gasteiger partial charge in [0, 0.05) is 22.4 Å². The molecule has 0 spiro atoms. The average molecular weight is 396 g/mol. The van der Waals surface area contributed by atoms with Gasteiger partial charge in [0.1, 0.15) is 28.1 Å². The van der Waals surface area contributed by atoms with Crippen molar-refractivity contribution in [3.05, 3.63) is 40.0 Å². The van der Waals surface area contributed by atoms with E-state index >= 15 is 0 Å². The molecule has 0 aromatic carbocycles. The van der Waals surface area contributed by atoms with Crippen LogP contribution in [-0.4, -0.2) is 26.7 Å². The fourth-order valence-corrected chi connectivity index (χ4v) is 4.77. The Kier molecular flexibility index (Phi) is 4.75. The molecule has 0 bridgehead atoms. The van der Waals surface area contributed by atoms with E-state index < -0.39 is 0 Å². The van der Waals surface area contributed by atoms with Gasteiger partial charge in [0.05, 0.1) is 11.1 Å². The lowest BCUT2D eigenvalue weighted by molar-refractivity contribution is 0.822. The normalized spacial score (nSPS) is 11.0. The number of aromatic nitrogens is 4. The van der Waals surface area contributed by atoms with Crippen LogP contribution in [0, 0.1) is 18.3 Å². The van der Waals surface area contributed by atoms with Crippen LogP contribution in [0.25, 0.3) is 20.7 Å². The average Bonchev–Trinajstić information content (AvgIpc) is 3.37. The van der Waals surface area contributed by atoms with E-state index in [0.29, 0.717) is 12.0 Å². The topological polar surface area (TPSA) is 116 Å². The maximum atomic E-state index is 9.15. The fraction of sp³-hybridized carbons (Fsp3) is 0.222. The molecule has 0 aliphatic carbocycles. The molecule has 4 rings (SSSR count). The molecule has 0 saturated heterocycles. The molecule has 0 saturated carbocycles. The number of aryl methyl sites for hydroxylation is 2. The van der Waals surface area contributed by atoms with Gasteiger partial charge in [-0.15, -0.1) is 22.7 Å². The van der Waals surface area contributed by atoms with Crippen LogP contribution in [0.15, 0.2) is 22.9 Å². The molecule has 4 N–H and O–H groups in total. The standard InChI is InChI=1S/C18H17N7S2/c1-10-22-17(21-6-2-4-13-11(8-19)16(20)25-24-13)15-12(9-27-18(15)23-10)14-5-3-7-26-14/h3,5,7,9H,2,4,6H2,1H3,(H3,20,24,25)(H,21,22,23). The van der Waals surface area contributed by atoms with Crippen molar-refractivity contribution in [3.63, 3.8) is 0 Å². The van der Waals surface area contributed by atoms with Gasteiger partial charge in [-0.05, 0) is 31.2 Å². The van der Waals surface area contributed by atoms with Crippen LogP contribution in [0.2, 0.25) is 0 Å². The van der Waals surface area contributed by atoms with Gasteiger partial charge >= 0.3 is 0 Å². The Hall–Kier alpha value is -2.96. The molecule has 0 fully saturated rings. The molecule has 7 nitrogen and oxygen atoms in total. The zero-order valence-corrected chi connectivity index (χ0v) is 16.2. The molecule has 0 aliphatic heterocycles. The van der Waals surface area contributed by atoms with Crippen molar-refractivity contribution in [3.8, 4) is 16.5 Å². The quantitative estimate of drug-likeness (QED) is 0.426. The van der Waals surface area contributed by atoms with Crippen molar-refractivity contribution in [2.75, 3.05) is 17.6 Å². The van der Waals surface area contributed by atoms with E-state index in [9.17, 15) is 0 Å². The summed E-state index contributed by atoms with van der Waals surface area (Å²) in [6.07, 6.45) is 1.51. The third kappa shape index (κ3) is 3.37. The Morgan fingerprint density at radius 3 is 3.00 bits per heavy atom. The van der Waals surface area contributed by atoms with E-state index in [2.05, 4.69) is 54.4 Å². The van der Waals surface area contributed by atoms with Crippen molar-refractivity contribution in [2.24, 2.45) is 0 Å². The smallest absolute Gasteiger partial charge is 0.163 e. The second kappa shape index (κ2) is 7.34. The van der Waals surface area contributed by atoms with Crippen LogP contribution in [0.4, 0.5) is 11.6 Å². The summed E-state index contributed by atoms with van der Waals surface area (Å²) in [6.45, 7) is 2.62. The maximum Gasteiger partial charge on any atom is 0.163 e. The number of thiophene rings is 2. The van der Waals surface area contributed by atoms with Gasteiger partial charge < -0.3 is 11.1 Å². The zero-order chi connectivity index (χ0) is 18.8. The van der Waals surface area contributed by atoms with Gasteiger partial charge in [-0.3, -0.25) is 5.10 Å². The summed E-state index contributed by atoms with van der Waals surface area (Å²) >= 11 is 3.35. The van der Waals surface area contributed by atoms with Crippen LogP contribution in [-0.2, 0) is 6.42 Å². The molecular weight excluding hydrogens is 378 g/mol. The molecule has 4 aromatic rings. The van der Waals surface area contributed by atoms with Crippen LogP contribution in [0.5, 0.6) is 0 Å². The molecule has 136 valence electrons. The number of hydrogen-bond donors (Lipinski definition) is 3. The van der Waals surface area contributed by atoms with Gasteiger partial charge in [0.2, 0.25) is 0 Å².